The third-order valence-electron chi connectivity index (χ3n) is 4.05. The molecule has 0 bridgehead atoms. The van der Waals surface area contributed by atoms with Crippen LogP contribution >= 0.6 is 0 Å². The van der Waals surface area contributed by atoms with E-state index in [-0.39, 0.29) is 0 Å². The van der Waals surface area contributed by atoms with E-state index in [1.807, 2.05) is 0 Å². The van der Waals surface area contributed by atoms with Gasteiger partial charge in [-0.25, -0.2) is 0 Å². The summed E-state index contributed by atoms with van der Waals surface area (Å²) in [5, 5.41) is 0. The number of benzene rings is 1. The van der Waals surface area contributed by atoms with Crippen LogP contribution in [-0.2, 0) is 0 Å². The number of nitrogens with one attached hydrogen (secondary N) is 1. The molecule has 0 radical (unpaired) electrons. The monoisotopic (exact) mass is 248 g/mol. The molecule has 0 aromatic heterocycles. The minimum Gasteiger partial charge on any atom is -0.493 e. The molecule has 100 valence electrons. The summed E-state index contributed by atoms with van der Waals surface area (Å²) < 4.78 is 5.90. The second-order valence-corrected chi connectivity index (χ2v) is 5.46. The number of ether oxygens (including phenoxy) is 1. The molecule has 1 aliphatic heterocycles. The molecule has 1 N–H and O–H groups in total. The maximum Gasteiger partial charge on any atom is 0.122 e. The van der Waals surface area contributed by atoms with Gasteiger partial charge in [0.25, 0.3) is 0 Å². The number of rotatable bonds is 5. The molecule has 2 rings (SSSR count). The average Bonchev–Trinajstić information content (AvgIpc) is 2.40. The lowest BCUT2D eigenvalue weighted by Crippen LogP contribution is -3.12. The Balaban J connectivity index is 1.70. The molecule has 1 aliphatic rings. The minimum absolute atomic E-state index is 0.855. The Morgan fingerprint density at radius 2 is 1.89 bits per heavy atom. The van der Waals surface area contributed by atoms with Crippen LogP contribution in [0, 0.1) is 13.8 Å². The molecule has 1 fully saturated rings. The molecule has 0 spiro atoms. The molecule has 1 aromatic rings. The summed E-state index contributed by atoms with van der Waals surface area (Å²) in [5.41, 5.74) is 2.59. The summed E-state index contributed by atoms with van der Waals surface area (Å²) in [6.07, 6.45) is 5.42. The van der Waals surface area contributed by atoms with Crippen LogP contribution in [0.25, 0.3) is 0 Å². The van der Waals surface area contributed by atoms with Gasteiger partial charge in [0.15, 0.2) is 0 Å². The highest BCUT2D eigenvalue weighted by atomic mass is 16.5. The minimum atomic E-state index is 0.855. The summed E-state index contributed by atoms with van der Waals surface area (Å²) in [4.78, 5) is 1.77. The van der Waals surface area contributed by atoms with Crippen LogP contribution in [-0.4, -0.2) is 26.2 Å². The molecule has 1 aromatic carbocycles. The third kappa shape index (κ3) is 3.74. The molecule has 0 atom stereocenters. The van der Waals surface area contributed by atoms with Crippen molar-refractivity contribution >= 4 is 0 Å². The van der Waals surface area contributed by atoms with Gasteiger partial charge in [0.2, 0.25) is 0 Å². The van der Waals surface area contributed by atoms with Gasteiger partial charge in [-0.15, -0.1) is 0 Å². The van der Waals surface area contributed by atoms with E-state index in [1.54, 1.807) is 4.90 Å². The number of hydrogen-bond donors (Lipinski definition) is 1. The van der Waals surface area contributed by atoms with Crippen LogP contribution < -0.4 is 9.64 Å². The molecule has 0 saturated carbocycles. The normalized spacial score (nSPS) is 16.8. The zero-order valence-corrected chi connectivity index (χ0v) is 11.8. The zero-order chi connectivity index (χ0) is 12.8. The lowest BCUT2D eigenvalue weighted by molar-refractivity contribution is -0.905. The van der Waals surface area contributed by atoms with Gasteiger partial charge in [-0.1, -0.05) is 12.1 Å². The van der Waals surface area contributed by atoms with E-state index < -0.39 is 0 Å². The quantitative estimate of drug-likeness (QED) is 0.788. The van der Waals surface area contributed by atoms with E-state index >= 15 is 0 Å². The summed E-state index contributed by atoms with van der Waals surface area (Å²) in [6, 6.07) is 6.30. The van der Waals surface area contributed by atoms with Crippen molar-refractivity contribution in [1.82, 2.24) is 0 Å². The van der Waals surface area contributed by atoms with Gasteiger partial charge >= 0.3 is 0 Å². The maximum absolute atomic E-state index is 5.90. The number of aryl methyl sites for hydroxylation is 1. The molecule has 0 aliphatic carbocycles. The van der Waals surface area contributed by atoms with E-state index in [1.165, 1.54) is 56.4 Å². The van der Waals surface area contributed by atoms with Gasteiger partial charge in [-0.05, 0) is 50.3 Å². The zero-order valence-electron chi connectivity index (χ0n) is 11.8. The smallest absolute Gasteiger partial charge is 0.122 e. The Morgan fingerprint density at radius 3 is 2.67 bits per heavy atom. The van der Waals surface area contributed by atoms with Crippen molar-refractivity contribution in [2.45, 2.75) is 39.5 Å². The van der Waals surface area contributed by atoms with Crippen LogP contribution in [0.2, 0.25) is 0 Å². The van der Waals surface area contributed by atoms with Crippen molar-refractivity contribution in [1.29, 1.82) is 0 Å². The largest absolute Gasteiger partial charge is 0.493 e. The highest BCUT2D eigenvalue weighted by Crippen LogP contribution is 2.20. The predicted octanol–water partition coefficient (Wildman–Crippen LogP) is 2.14. The van der Waals surface area contributed by atoms with Crippen LogP contribution in [0.1, 0.15) is 36.8 Å². The van der Waals surface area contributed by atoms with Crippen LogP contribution in [0.15, 0.2) is 18.2 Å². The van der Waals surface area contributed by atoms with Crippen molar-refractivity contribution in [3.63, 3.8) is 0 Å². The van der Waals surface area contributed by atoms with Gasteiger partial charge in [0, 0.05) is 6.42 Å². The van der Waals surface area contributed by atoms with Gasteiger partial charge < -0.3 is 9.64 Å². The highest BCUT2D eigenvalue weighted by Gasteiger charge is 2.12. The van der Waals surface area contributed by atoms with Crippen LogP contribution in [0.4, 0.5) is 0 Å². The third-order valence-corrected chi connectivity index (χ3v) is 4.05. The van der Waals surface area contributed by atoms with E-state index in [0.29, 0.717) is 0 Å². The Morgan fingerprint density at radius 1 is 1.11 bits per heavy atom. The van der Waals surface area contributed by atoms with E-state index in [0.717, 1.165) is 12.4 Å². The number of piperidine rings is 1. The van der Waals surface area contributed by atoms with Gasteiger partial charge in [-0.3, -0.25) is 0 Å². The lowest BCUT2D eigenvalue weighted by Gasteiger charge is -2.23. The molecule has 0 amide bonds. The van der Waals surface area contributed by atoms with Crippen molar-refractivity contribution in [3.8, 4) is 5.75 Å². The SMILES string of the molecule is Cc1cccc(OCCC[NH+]2CCCCC2)c1C. The van der Waals surface area contributed by atoms with Gasteiger partial charge in [0.1, 0.15) is 5.75 Å². The number of quaternary nitrogens is 1. The van der Waals surface area contributed by atoms with Crippen molar-refractivity contribution in [2.75, 3.05) is 26.2 Å². The topological polar surface area (TPSA) is 13.7 Å². The Hall–Kier alpha value is -1.02. The Kier molecular flexibility index (Phi) is 5.06. The molecule has 18 heavy (non-hydrogen) atoms. The summed E-state index contributed by atoms with van der Waals surface area (Å²) >= 11 is 0. The molecule has 1 saturated heterocycles. The van der Waals surface area contributed by atoms with Crippen molar-refractivity contribution in [3.05, 3.63) is 29.3 Å². The van der Waals surface area contributed by atoms with Crippen LogP contribution in [0.3, 0.4) is 0 Å². The van der Waals surface area contributed by atoms with E-state index in [9.17, 15) is 0 Å². The highest BCUT2D eigenvalue weighted by molar-refractivity contribution is 5.38. The molecule has 2 heteroatoms. The molecule has 0 unspecified atom stereocenters. The van der Waals surface area contributed by atoms with Crippen molar-refractivity contribution in [2.24, 2.45) is 0 Å². The standard InChI is InChI=1S/C16H25NO/c1-14-8-6-9-16(15(14)2)18-13-7-12-17-10-4-3-5-11-17/h6,8-9H,3-5,7,10-13H2,1-2H3/p+1. The van der Waals surface area contributed by atoms with Crippen LogP contribution in [0.5, 0.6) is 5.75 Å². The molecule has 1 heterocycles. The average molecular weight is 248 g/mol. The first kappa shape index (κ1) is 13.4. The second kappa shape index (κ2) is 6.79. The fraction of sp³-hybridized carbons (Fsp3) is 0.625. The van der Waals surface area contributed by atoms with Gasteiger partial charge in [-0.2, -0.15) is 0 Å². The molecular weight excluding hydrogens is 222 g/mol. The first-order chi connectivity index (χ1) is 8.77. The Labute approximate surface area is 111 Å². The lowest BCUT2D eigenvalue weighted by atomic mass is 10.1. The Bertz CT molecular complexity index is 369. The second-order valence-electron chi connectivity index (χ2n) is 5.46. The van der Waals surface area contributed by atoms with E-state index in [2.05, 4.69) is 32.0 Å². The predicted molar refractivity (Wildman–Crippen MR) is 75.4 cm³/mol. The fourth-order valence-corrected chi connectivity index (χ4v) is 2.69. The molecule has 2 nitrogen and oxygen atoms in total. The van der Waals surface area contributed by atoms with E-state index in [4.69, 9.17) is 4.74 Å². The number of hydrogen-bond acceptors (Lipinski definition) is 1. The summed E-state index contributed by atoms with van der Waals surface area (Å²) in [7, 11) is 0. The number of likely N-dealkylation sites (tertiary alicyclic amines) is 1. The molecular formula is C16H26NO+. The summed E-state index contributed by atoms with van der Waals surface area (Å²) in [6.45, 7) is 9.13. The van der Waals surface area contributed by atoms with Gasteiger partial charge in [0.05, 0.1) is 26.2 Å². The first-order valence-corrected chi connectivity index (χ1v) is 7.30. The first-order valence-electron chi connectivity index (χ1n) is 7.30. The summed E-state index contributed by atoms with van der Waals surface area (Å²) in [5.74, 6) is 1.06. The fourth-order valence-electron chi connectivity index (χ4n) is 2.69. The van der Waals surface area contributed by atoms with Crippen molar-refractivity contribution < 1.29 is 9.64 Å². The maximum atomic E-state index is 5.90.